The van der Waals surface area contributed by atoms with Crippen molar-refractivity contribution in [2.75, 3.05) is 0 Å². The maximum Gasteiger partial charge on any atom is 0.207 e. The summed E-state index contributed by atoms with van der Waals surface area (Å²) in [5, 5.41) is 2.89. The summed E-state index contributed by atoms with van der Waals surface area (Å²) < 4.78 is 0. The Morgan fingerprint density at radius 2 is 1.71 bits per heavy atom. The average Bonchev–Trinajstić information content (AvgIpc) is 2.18. The molecule has 0 aromatic carbocycles. The second-order valence-corrected chi connectivity index (χ2v) is 3.97. The molecule has 0 aromatic heterocycles. The van der Waals surface area contributed by atoms with Crippen LogP contribution in [0.4, 0.5) is 0 Å². The standard InChI is InChI=1S/C12H25NO/c1-3-5-6-7-8-10-12(9-4-2)13-11-14/h11-12H,3-10H2,1-2H3,(H,13,14). The number of carbonyl (C=O) groups is 1. The maximum absolute atomic E-state index is 10.3. The van der Waals surface area contributed by atoms with Gasteiger partial charge in [-0.2, -0.15) is 0 Å². The summed E-state index contributed by atoms with van der Waals surface area (Å²) >= 11 is 0. The van der Waals surface area contributed by atoms with Gasteiger partial charge in [0, 0.05) is 6.04 Å². The number of hydrogen-bond donors (Lipinski definition) is 1. The lowest BCUT2D eigenvalue weighted by Crippen LogP contribution is -2.27. The summed E-state index contributed by atoms with van der Waals surface area (Å²) in [5.41, 5.74) is 0. The predicted molar refractivity (Wildman–Crippen MR) is 61.3 cm³/mol. The summed E-state index contributed by atoms with van der Waals surface area (Å²) in [6.45, 7) is 4.39. The molecule has 0 rings (SSSR count). The second kappa shape index (κ2) is 10.6. The highest BCUT2D eigenvalue weighted by atomic mass is 16.1. The first-order valence-corrected chi connectivity index (χ1v) is 6.04. The third kappa shape index (κ3) is 8.09. The third-order valence-corrected chi connectivity index (χ3v) is 2.60. The number of carbonyl (C=O) groups excluding carboxylic acids is 1. The van der Waals surface area contributed by atoms with E-state index in [0.717, 1.165) is 25.7 Å². The van der Waals surface area contributed by atoms with Gasteiger partial charge in [0.2, 0.25) is 6.41 Å². The van der Waals surface area contributed by atoms with E-state index in [1.807, 2.05) is 0 Å². The third-order valence-electron chi connectivity index (χ3n) is 2.60. The largest absolute Gasteiger partial charge is 0.356 e. The minimum absolute atomic E-state index is 0.416. The van der Waals surface area contributed by atoms with E-state index in [1.54, 1.807) is 0 Å². The van der Waals surface area contributed by atoms with Gasteiger partial charge in [0.1, 0.15) is 0 Å². The number of unbranched alkanes of at least 4 members (excludes halogenated alkanes) is 4. The maximum atomic E-state index is 10.3. The first-order valence-electron chi connectivity index (χ1n) is 6.04. The van der Waals surface area contributed by atoms with Gasteiger partial charge in [-0.15, -0.1) is 0 Å². The van der Waals surface area contributed by atoms with Crippen molar-refractivity contribution >= 4 is 6.41 Å². The van der Waals surface area contributed by atoms with Crippen molar-refractivity contribution in [1.29, 1.82) is 0 Å². The molecule has 0 heterocycles. The van der Waals surface area contributed by atoms with Crippen LogP contribution in [0, 0.1) is 0 Å². The van der Waals surface area contributed by atoms with E-state index in [2.05, 4.69) is 19.2 Å². The zero-order valence-corrected chi connectivity index (χ0v) is 9.72. The van der Waals surface area contributed by atoms with E-state index in [9.17, 15) is 4.79 Å². The average molecular weight is 199 g/mol. The molecule has 0 aliphatic heterocycles. The van der Waals surface area contributed by atoms with Gasteiger partial charge in [0.15, 0.2) is 0 Å². The fourth-order valence-electron chi connectivity index (χ4n) is 1.75. The van der Waals surface area contributed by atoms with Crippen LogP contribution in [0.1, 0.15) is 65.2 Å². The summed E-state index contributed by atoms with van der Waals surface area (Å²) in [5.74, 6) is 0. The Kier molecular flexibility index (Phi) is 10.2. The van der Waals surface area contributed by atoms with Crippen molar-refractivity contribution in [2.24, 2.45) is 0 Å². The molecule has 2 heteroatoms. The van der Waals surface area contributed by atoms with Crippen molar-refractivity contribution in [1.82, 2.24) is 5.32 Å². The van der Waals surface area contributed by atoms with Crippen molar-refractivity contribution in [3.05, 3.63) is 0 Å². The van der Waals surface area contributed by atoms with Gasteiger partial charge >= 0.3 is 0 Å². The van der Waals surface area contributed by atoms with Crippen LogP contribution in [0.5, 0.6) is 0 Å². The Morgan fingerprint density at radius 1 is 1.00 bits per heavy atom. The first-order chi connectivity index (χ1) is 6.85. The predicted octanol–water partition coefficient (Wildman–Crippen LogP) is 3.26. The Morgan fingerprint density at radius 3 is 2.29 bits per heavy atom. The molecular formula is C12H25NO. The van der Waals surface area contributed by atoms with Crippen LogP contribution in [0.15, 0.2) is 0 Å². The zero-order chi connectivity index (χ0) is 10.6. The SMILES string of the molecule is CCCCCCCC(CCC)NC=O. The molecule has 0 bridgehead atoms. The molecule has 0 saturated carbocycles. The van der Waals surface area contributed by atoms with E-state index in [-0.39, 0.29) is 0 Å². The van der Waals surface area contributed by atoms with Crippen LogP contribution in [0.3, 0.4) is 0 Å². The van der Waals surface area contributed by atoms with Crippen molar-refractivity contribution < 1.29 is 4.79 Å². The number of nitrogens with one attached hydrogen (secondary N) is 1. The Hall–Kier alpha value is -0.530. The Labute approximate surface area is 88.5 Å². The molecule has 0 aliphatic carbocycles. The lowest BCUT2D eigenvalue weighted by molar-refractivity contribution is -0.110. The van der Waals surface area contributed by atoms with Gasteiger partial charge in [0.25, 0.3) is 0 Å². The minimum atomic E-state index is 0.416. The van der Waals surface area contributed by atoms with Gasteiger partial charge in [-0.3, -0.25) is 4.79 Å². The smallest absolute Gasteiger partial charge is 0.207 e. The quantitative estimate of drug-likeness (QED) is 0.424. The molecule has 14 heavy (non-hydrogen) atoms. The molecule has 0 saturated heterocycles. The molecule has 0 aromatic rings. The molecule has 0 aliphatic rings. The fourth-order valence-corrected chi connectivity index (χ4v) is 1.75. The summed E-state index contributed by atoms with van der Waals surface area (Å²) in [6, 6.07) is 0.416. The van der Waals surface area contributed by atoms with Crippen LogP contribution in [0.2, 0.25) is 0 Å². The lowest BCUT2D eigenvalue weighted by atomic mass is 10.0. The number of amides is 1. The first kappa shape index (κ1) is 13.5. The van der Waals surface area contributed by atoms with E-state index < -0.39 is 0 Å². The van der Waals surface area contributed by atoms with Crippen molar-refractivity contribution in [3.63, 3.8) is 0 Å². The van der Waals surface area contributed by atoms with Crippen LogP contribution in [-0.2, 0) is 4.79 Å². The van der Waals surface area contributed by atoms with Gasteiger partial charge in [-0.25, -0.2) is 0 Å². The molecule has 1 atom stereocenters. The molecule has 84 valence electrons. The normalized spacial score (nSPS) is 12.4. The highest BCUT2D eigenvalue weighted by Crippen LogP contribution is 2.09. The number of hydrogen-bond acceptors (Lipinski definition) is 1. The zero-order valence-electron chi connectivity index (χ0n) is 9.72. The topological polar surface area (TPSA) is 29.1 Å². The molecule has 1 unspecified atom stereocenters. The summed E-state index contributed by atoms with van der Waals surface area (Å²) in [4.78, 5) is 10.3. The molecule has 0 radical (unpaired) electrons. The molecule has 0 fully saturated rings. The lowest BCUT2D eigenvalue weighted by Gasteiger charge is -2.14. The van der Waals surface area contributed by atoms with Gasteiger partial charge in [-0.05, 0) is 12.8 Å². The van der Waals surface area contributed by atoms with Crippen LogP contribution in [0.25, 0.3) is 0 Å². The van der Waals surface area contributed by atoms with Crippen LogP contribution in [-0.4, -0.2) is 12.5 Å². The van der Waals surface area contributed by atoms with E-state index >= 15 is 0 Å². The second-order valence-electron chi connectivity index (χ2n) is 3.97. The molecule has 2 nitrogen and oxygen atoms in total. The van der Waals surface area contributed by atoms with Crippen LogP contribution < -0.4 is 5.32 Å². The Balaban J connectivity index is 3.35. The minimum Gasteiger partial charge on any atom is -0.356 e. The summed E-state index contributed by atoms with van der Waals surface area (Å²) in [7, 11) is 0. The van der Waals surface area contributed by atoms with Crippen LogP contribution >= 0.6 is 0 Å². The summed E-state index contributed by atoms with van der Waals surface area (Å²) in [6.07, 6.45) is 10.8. The van der Waals surface area contributed by atoms with E-state index in [4.69, 9.17) is 0 Å². The van der Waals surface area contributed by atoms with Gasteiger partial charge in [0.05, 0.1) is 0 Å². The molecular weight excluding hydrogens is 174 g/mol. The van der Waals surface area contributed by atoms with E-state index in [0.29, 0.717) is 6.04 Å². The van der Waals surface area contributed by atoms with E-state index in [1.165, 1.54) is 32.1 Å². The Bertz CT molecular complexity index is 125. The van der Waals surface area contributed by atoms with Gasteiger partial charge in [-0.1, -0.05) is 52.4 Å². The fraction of sp³-hybridized carbons (Fsp3) is 0.917. The number of rotatable bonds is 10. The highest BCUT2D eigenvalue weighted by molar-refractivity contribution is 5.46. The molecule has 0 spiro atoms. The molecule has 1 amide bonds. The molecule has 1 N–H and O–H groups in total. The van der Waals surface area contributed by atoms with Crippen molar-refractivity contribution in [2.45, 2.75) is 71.3 Å². The monoisotopic (exact) mass is 199 g/mol. The highest BCUT2D eigenvalue weighted by Gasteiger charge is 2.04. The van der Waals surface area contributed by atoms with Crippen molar-refractivity contribution in [3.8, 4) is 0 Å². The van der Waals surface area contributed by atoms with Gasteiger partial charge < -0.3 is 5.32 Å².